The maximum absolute atomic E-state index is 12.6. The van der Waals surface area contributed by atoms with Gasteiger partial charge in [0.25, 0.3) is 0 Å². The number of nitrogen functional groups attached to an aromatic ring is 1. The Kier molecular flexibility index (Phi) is 3.36. The molecule has 1 aromatic heterocycles. The average molecular weight is 259 g/mol. The van der Waals surface area contributed by atoms with Crippen LogP contribution in [-0.4, -0.2) is 18.1 Å². The molecule has 0 saturated heterocycles. The van der Waals surface area contributed by atoms with Gasteiger partial charge in [-0.15, -0.1) is 0 Å². The Bertz CT molecular complexity index is 425. The fourth-order valence-corrected chi connectivity index (χ4v) is 2.40. The van der Waals surface area contributed by atoms with Gasteiger partial charge in [0.1, 0.15) is 5.69 Å². The molecule has 0 aliphatic heterocycles. The molecule has 2 rings (SSSR count). The molecule has 1 aliphatic carbocycles. The lowest BCUT2D eigenvalue weighted by Crippen LogP contribution is -2.30. The molecule has 0 unspecified atom stereocenters. The predicted molar refractivity (Wildman–Crippen MR) is 64.3 cm³/mol. The van der Waals surface area contributed by atoms with Crippen molar-refractivity contribution in [2.75, 3.05) is 17.7 Å². The zero-order valence-corrected chi connectivity index (χ0v) is 10.2. The molecular weight excluding hydrogens is 243 g/mol. The molecule has 0 bridgehead atoms. The highest BCUT2D eigenvalue weighted by molar-refractivity contribution is 5.67. The number of anilines is 2. The van der Waals surface area contributed by atoms with Crippen molar-refractivity contribution < 1.29 is 13.2 Å². The molecule has 1 aliphatic rings. The molecule has 1 aromatic rings. The molecule has 6 heteroatoms. The van der Waals surface area contributed by atoms with Crippen LogP contribution in [0.25, 0.3) is 0 Å². The van der Waals surface area contributed by atoms with Gasteiger partial charge in [-0.2, -0.15) is 13.2 Å². The number of halogens is 3. The molecule has 100 valence electrons. The molecule has 1 heterocycles. The van der Waals surface area contributed by atoms with E-state index in [4.69, 9.17) is 5.73 Å². The van der Waals surface area contributed by atoms with Crippen molar-refractivity contribution in [2.45, 2.75) is 37.9 Å². The van der Waals surface area contributed by atoms with Crippen LogP contribution in [-0.2, 0) is 6.18 Å². The summed E-state index contributed by atoms with van der Waals surface area (Å²) in [6, 6.07) is 1.31. The fourth-order valence-electron chi connectivity index (χ4n) is 2.40. The van der Waals surface area contributed by atoms with E-state index in [9.17, 15) is 13.2 Å². The first-order valence-corrected chi connectivity index (χ1v) is 5.95. The SMILES string of the molecule is CN(c1cc(C(F)(F)F)ncc1N)C1CCCC1. The predicted octanol–water partition coefficient (Wildman–Crippen LogP) is 3.06. The van der Waals surface area contributed by atoms with Crippen LogP contribution in [0.4, 0.5) is 24.5 Å². The topological polar surface area (TPSA) is 42.2 Å². The highest BCUT2D eigenvalue weighted by Crippen LogP contribution is 2.35. The van der Waals surface area contributed by atoms with E-state index in [1.807, 2.05) is 4.90 Å². The van der Waals surface area contributed by atoms with E-state index < -0.39 is 11.9 Å². The minimum absolute atomic E-state index is 0.274. The fraction of sp³-hybridized carbons (Fsp3) is 0.583. The first-order chi connectivity index (χ1) is 8.39. The van der Waals surface area contributed by atoms with Crippen molar-refractivity contribution in [1.29, 1.82) is 0 Å². The standard InChI is InChI=1S/C12H16F3N3/c1-18(8-4-2-3-5-8)10-6-11(12(13,14)15)17-7-9(10)16/h6-8H,2-5,16H2,1H3. The van der Waals surface area contributed by atoms with Crippen molar-refractivity contribution in [2.24, 2.45) is 0 Å². The Labute approximate surface area is 104 Å². The van der Waals surface area contributed by atoms with Crippen molar-refractivity contribution >= 4 is 11.4 Å². The highest BCUT2D eigenvalue weighted by atomic mass is 19.4. The van der Waals surface area contributed by atoms with Crippen LogP contribution in [0, 0.1) is 0 Å². The van der Waals surface area contributed by atoms with Crippen molar-refractivity contribution in [3.05, 3.63) is 18.0 Å². The molecule has 0 aromatic carbocycles. The second-order valence-corrected chi connectivity index (χ2v) is 4.68. The van der Waals surface area contributed by atoms with Gasteiger partial charge < -0.3 is 10.6 Å². The second-order valence-electron chi connectivity index (χ2n) is 4.68. The van der Waals surface area contributed by atoms with Gasteiger partial charge in [0.2, 0.25) is 0 Å². The summed E-state index contributed by atoms with van der Waals surface area (Å²) in [6.45, 7) is 0. The monoisotopic (exact) mass is 259 g/mol. The Morgan fingerprint density at radius 3 is 2.50 bits per heavy atom. The number of hydrogen-bond donors (Lipinski definition) is 1. The lowest BCUT2D eigenvalue weighted by molar-refractivity contribution is -0.141. The molecule has 0 atom stereocenters. The first-order valence-electron chi connectivity index (χ1n) is 5.95. The van der Waals surface area contributed by atoms with Crippen LogP contribution < -0.4 is 10.6 Å². The third kappa shape index (κ3) is 2.52. The van der Waals surface area contributed by atoms with Crippen LogP contribution in [0.1, 0.15) is 31.4 Å². The number of nitrogens with two attached hydrogens (primary N) is 1. The first kappa shape index (κ1) is 13.0. The Hall–Kier alpha value is -1.46. The van der Waals surface area contributed by atoms with Crippen LogP contribution >= 0.6 is 0 Å². The summed E-state index contributed by atoms with van der Waals surface area (Å²) in [5, 5.41) is 0. The van der Waals surface area contributed by atoms with E-state index in [1.165, 1.54) is 0 Å². The lowest BCUT2D eigenvalue weighted by Gasteiger charge is -2.28. The smallest absolute Gasteiger partial charge is 0.396 e. The van der Waals surface area contributed by atoms with E-state index in [-0.39, 0.29) is 11.7 Å². The normalized spacial score (nSPS) is 17.1. The largest absolute Gasteiger partial charge is 0.433 e. The van der Waals surface area contributed by atoms with Crippen LogP contribution in [0.2, 0.25) is 0 Å². The van der Waals surface area contributed by atoms with Crippen molar-refractivity contribution in [3.8, 4) is 0 Å². The summed E-state index contributed by atoms with van der Waals surface area (Å²) in [4.78, 5) is 5.19. The summed E-state index contributed by atoms with van der Waals surface area (Å²) < 4.78 is 37.9. The van der Waals surface area contributed by atoms with Gasteiger partial charge in [0.15, 0.2) is 0 Å². The highest BCUT2D eigenvalue weighted by Gasteiger charge is 2.33. The third-order valence-electron chi connectivity index (χ3n) is 3.45. The van der Waals surface area contributed by atoms with Crippen LogP contribution in [0.15, 0.2) is 12.3 Å². The van der Waals surface area contributed by atoms with Crippen LogP contribution in [0.3, 0.4) is 0 Å². The van der Waals surface area contributed by atoms with E-state index in [0.717, 1.165) is 37.9 Å². The molecule has 0 amide bonds. The Balaban J connectivity index is 2.31. The molecule has 3 nitrogen and oxygen atoms in total. The number of aromatic nitrogens is 1. The van der Waals surface area contributed by atoms with Gasteiger partial charge in [-0.1, -0.05) is 12.8 Å². The maximum Gasteiger partial charge on any atom is 0.433 e. The van der Waals surface area contributed by atoms with Crippen molar-refractivity contribution in [1.82, 2.24) is 4.98 Å². The van der Waals surface area contributed by atoms with E-state index in [0.29, 0.717) is 5.69 Å². The molecule has 1 saturated carbocycles. The Morgan fingerprint density at radius 1 is 1.33 bits per heavy atom. The van der Waals surface area contributed by atoms with Gasteiger partial charge >= 0.3 is 6.18 Å². The molecule has 0 radical (unpaired) electrons. The molecule has 1 fully saturated rings. The summed E-state index contributed by atoms with van der Waals surface area (Å²) in [5.74, 6) is 0. The summed E-state index contributed by atoms with van der Waals surface area (Å²) in [6.07, 6.45) is 0.889. The van der Waals surface area contributed by atoms with Gasteiger partial charge in [-0.25, -0.2) is 4.98 Å². The minimum atomic E-state index is -4.43. The average Bonchev–Trinajstić information content (AvgIpc) is 2.80. The summed E-state index contributed by atoms with van der Waals surface area (Å²) in [7, 11) is 1.79. The van der Waals surface area contributed by atoms with E-state index in [1.54, 1.807) is 7.05 Å². The molecule has 2 N–H and O–H groups in total. The molecule has 0 spiro atoms. The summed E-state index contributed by atoms with van der Waals surface area (Å²) >= 11 is 0. The summed E-state index contributed by atoms with van der Waals surface area (Å²) in [5.41, 5.74) is 5.55. The second kappa shape index (κ2) is 4.66. The van der Waals surface area contributed by atoms with Gasteiger partial charge in [-0.3, -0.25) is 0 Å². The van der Waals surface area contributed by atoms with Crippen LogP contribution in [0.5, 0.6) is 0 Å². The van der Waals surface area contributed by atoms with E-state index >= 15 is 0 Å². The zero-order valence-electron chi connectivity index (χ0n) is 10.2. The quantitative estimate of drug-likeness (QED) is 0.887. The number of alkyl halides is 3. The maximum atomic E-state index is 12.6. The van der Waals surface area contributed by atoms with Gasteiger partial charge in [-0.05, 0) is 18.9 Å². The number of nitrogens with zero attached hydrogens (tertiary/aromatic N) is 2. The lowest BCUT2D eigenvalue weighted by atomic mass is 10.2. The van der Waals surface area contributed by atoms with Gasteiger partial charge in [0.05, 0.1) is 17.6 Å². The third-order valence-corrected chi connectivity index (χ3v) is 3.45. The number of hydrogen-bond acceptors (Lipinski definition) is 3. The zero-order chi connectivity index (χ0) is 13.3. The molecular formula is C12H16F3N3. The van der Waals surface area contributed by atoms with E-state index in [2.05, 4.69) is 4.98 Å². The Morgan fingerprint density at radius 2 is 1.94 bits per heavy atom. The van der Waals surface area contributed by atoms with Gasteiger partial charge in [0, 0.05) is 13.1 Å². The number of pyridine rings is 1. The van der Waals surface area contributed by atoms with Crippen molar-refractivity contribution in [3.63, 3.8) is 0 Å². The molecule has 18 heavy (non-hydrogen) atoms. The number of rotatable bonds is 2. The minimum Gasteiger partial charge on any atom is -0.396 e.